The van der Waals surface area contributed by atoms with Gasteiger partial charge in [0.25, 0.3) is 0 Å². The van der Waals surface area contributed by atoms with E-state index in [4.69, 9.17) is 9.15 Å². The number of hydrogen-bond acceptors (Lipinski definition) is 3. The van der Waals surface area contributed by atoms with Crippen molar-refractivity contribution in [3.05, 3.63) is 47.4 Å². The Morgan fingerprint density at radius 1 is 1.22 bits per heavy atom. The Bertz CT molecular complexity index is 632. The predicted molar refractivity (Wildman–Crippen MR) is 90.9 cm³/mol. The summed E-state index contributed by atoms with van der Waals surface area (Å²) in [5.74, 6) is 2.49. The minimum atomic E-state index is -0.247. The Kier molecular flexibility index (Phi) is 6.09. The molecule has 23 heavy (non-hydrogen) atoms. The van der Waals surface area contributed by atoms with E-state index in [0.717, 1.165) is 41.4 Å². The lowest BCUT2D eigenvalue weighted by atomic mass is 10.2. The highest BCUT2D eigenvalue weighted by atomic mass is 16.5. The highest BCUT2D eigenvalue weighted by Crippen LogP contribution is 2.16. The fourth-order valence-corrected chi connectivity index (χ4v) is 2.18. The molecule has 2 amide bonds. The fraction of sp³-hybridized carbons (Fsp3) is 0.389. The number of ether oxygens (including phenoxy) is 1. The molecule has 0 aliphatic heterocycles. The van der Waals surface area contributed by atoms with Gasteiger partial charge in [0.1, 0.15) is 17.3 Å². The Morgan fingerprint density at radius 2 is 1.96 bits per heavy atom. The van der Waals surface area contributed by atoms with Crippen molar-refractivity contribution >= 4 is 11.7 Å². The third kappa shape index (κ3) is 5.36. The van der Waals surface area contributed by atoms with E-state index >= 15 is 0 Å². The second kappa shape index (κ2) is 8.27. The number of carbonyl (C=O) groups is 1. The van der Waals surface area contributed by atoms with Crippen molar-refractivity contribution in [3.8, 4) is 5.75 Å². The molecule has 0 bridgehead atoms. The van der Waals surface area contributed by atoms with E-state index in [9.17, 15) is 4.79 Å². The van der Waals surface area contributed by atoms with Crippen LogP contribution in [0.15, 0.2) is 34.7 Å². The topological polar surface area (TPSA) is 63.5 Å². The maximum absolute atomic E-state index is 11.9. The van der Waals surface area contributed by atoms with Crippen molar-refractivity contribution in [3.63, 3.8) is 0 Å². The monoisotopic (exact) mass is 316 g/mol. The minimum Gasteiger partial charge on any atom is -0.494 e. The SMILES string of the molecule is CCCCOc1ccc(NC(=O)NCc2cc(C)oc2C)cc1. The average molecular weight is 316 g/mol. The summed E-state index contributed by atoms with van der Waals surface area (Å²) in [5, 5.41) is 5.61. The number of amides is 2. The number of unbranched alkanes of at least 4 members (excludes halogenated alkanes) is 1. The first-order chi connectivity index (χ1) is 11.1. The van der Waals surface area contributed by atoms with Gasteiger partial charge in [-0.25, -0.2) is 4.79 Å². The third-order valence-electron chi connectivity index (χ3n) is 3.46. The van der Waals surface area contributed by atoms with Crippen LogP contribution >= 0.6 is 0 Å². The summed E-state index contributed by atoms with van der Waals surface area (Å²) in [6.45, 7) is 7.06. The molecule has 2 rings (SSSR count). The van der Waals surface area contributed by atoms with Crippen molar-refractivity contribution in [2.45, 2.75) is 40.2 Å². The molecule has 0 spiro atoms. The molecule has 2 aromatic rings. The molecular weight excluding hydrogens is 292 g/mol. The number of anilines is 1. The van der Waals surface area contributed by atoms with E-state index in [2.05, 4.69) is 17.6 Å². The van der Waals surface area contributed by atoms with Gasteiger partial charge in [0.15, 0.2) is 0 Å². The Balaban J connectivity index is 1.79. The molecule has 0 aliphatic carbocycles. The third-order valence-corrected chi connectivity index (χ3v) is 3.46. The van der Waals surface area contributed by atoms with Gasteiger partial charge in [-0.05, 0) is 50.6 Å². The zero-order valence-corrected chi connectivity index (χ0v) is 13.9. The maximum atomic E-state index is 11.9. The van der Waals surface area contributed by atoms with E-state index in [1.54, 1.807) is 0 Å². The lowest BCUT2D eigenvalue weighted by Gasteiger charge is -2.09. The van der Waals surface area contributed by atoms with Gasteiger partial charge in [0.05, 0.1) is 6.61 Å². The van der Waals surface area contributed by atoms with Crippen LogP contribution in [0.4, 0.5) is 10.5 Å². The highest BCUT2D eigenvalue weighted by Gasteiger charge is 2.07. The first kappa shape index (κ1) is 16.9. The Hall–Kier alpha value is -2.43. The summed E-state index contributed by atoms with van der Waals surface area (Å²) in [6, 6.07) is 9.05. The molecular formula is C18H24N2O3. The molecule has 0 atom stereocenters. The number of hydrogen-bond donors (Lipinski definition) is 2. The number of nitrogens with one attached hydrogen (secondary N) is 2. The second-order valence-corrected chi connectivity index (χ2v) is 5.47. The van der Waals surface area contributed by atoms with Crippen LogP contribution < -0.4 is 15.4 Å². The summed E-state index contributed by atoms with van der Waals surface area (Å²) < 4.78 is 11.0. The van der Waals surface area contributed by atoms with Crippen LogP contribution in [0.3, 0.4) is 0 Å². The van der Waals surface area contributed by atoms with Gasteiger partial charge in [0, 0.05) is 17.8 Å². The maximum Gasteiger partial charge on any atom is 0.319 e. The highest BCUT2D eigenvalue weighted by molar-refractivity contribution is 5.89. The molecule has 0 radical (unpaired) electrons. The molecule has 5 heteroatoms. The Morgan fingerprint density at radius 3 is 2.57 bits per heavy atom. The van der Waals surface area contributed by atoms with Crippen LogP contribution in [0.2, 0.25) is 0 Å². The summed E-state index contributed by atoms with van der Waals surface area (Å²) >= 11 is 0. The summed E-state index contributed by atoms with van der Waals surface area (Å²) in [6.07, 6.45) is 2.14. The molecule has 2 N–H and O–H groups in total. The number of carbonyl (C=O) groups excluding carboxylic acids is 1. The second-order valence-electron chi connectivity index (χ2n) is 5.47. The van der Waals surface area contributed by atoms with Crippen LogP contribution in [0.25, 0.3) is 0 Å². The van der Waals surface area contributed by atoms with Gasteiger partial charge in [0.2, 0.25) is 0 Å². The number of furan rings is 1. The van der Waals surface area contributed by atoms with Crippen molar-refractivity contribution < 1.29 is 13.9 Å². The van der Waals surface area contributed by atoms with E-state index < -0.39 is 0 Å². The van der Waals surface area contributed by atoms with E-state index in [-0.39, 0.29) is 6.03 Å². The number of urea groups is 1. The lowest BCUT2D eigenvalue weighted by Crippen LogP contribution is -2.28. The van der Waals surface area contributed by atoms with Crippen LogP contribution in [-0.2, 0) is 6.54 Å². The molecule has 1 aromatic carbocycles. The zero-order chi connectivity index (χ0) is 16.7. The first-order valence-electron chi connectivity index (χ1n) is 7.92. The summed E-state index contributed by atoms with van der Waals surface area (Å²) in [4.78, 5) is 11.9. The summed E-state index contributed by atoms with van der Waals surface area (Å²) in [7, 11) is 0. The standard InChI is InChI=1S/C18H24N2O3/c1-4-5-10-22-17-8-6-16(7-9-17)20-18(21)19-12-15-11-13(2)23-14(15)3/h6-9,11H,4-5,10,12H2,1-3H3,(H2,19,20,21). The number of rotatable bonds is 7. The molecule has 0 unspecified atom stereocenters. The molecule has 5 nitrogen and oxygen atoms in total. The van der Waals surface area contributed by atoms with E-state index in [0.29, 0.717) is 13.2 Å². The van der Waals surface area contributed by atoms with Gasteiger partial charge < -0.3 is 19.8 Å². The zero-order valence-electron chi connectivity index (χ0n) is 13.9. The Labute approximate surface area is 137 Å². The quantitative estimate of drug-likeness (QED) is 0.744. The van der Waals surface area contributed by atoms with Gasteiger partial charge in [-0.15, -0.1) is 0 Å². The van der Waals surface area contributed by atoms with Crippen molar-refractivity contribution in [1.82, 2.24) is 5.32 Å². The van der Waals surface area contributed by atoms with Gasteiger partial charge >= 0.3 is 6.03 Å². The normalized spacial score (nSPS) is 10.4. The largest absolute Gasteiger partial charge is 0.494 e. The average Bonchev–Trinajstić information content (AvgIpc) is 2.85. The van der Waals surface area contributed by atoms with E-state index in [1.807, 2.05) is 44.2 Å². The molecule has 0 saturated heterocycles. The smallest absolute Gasteiger partial charge is 0.319 e. The minimum absolute atomic E-state index is 0.247. The molecule has 1 heterocycles. The molecule has 0 saturated carbocycles. The summed E-state index contributed by atoms with van der Waals surface area (Å²) in [5.41, 5.74) is 1.71. The van der Waals surface area contributed by atoms with Crippen LogP contribution in [0.5, 0.6) is 5.75 Å². The van der Waals surface area contributed by atoms with Crippen LogP contribution in [-0.4, -0.2) is 12.6 Å². The van der Waals surface area contributed by atoms with Crippen molar-refractivity contribution in [2.24, 2.45) is 0 Å². The van der Waals surface area contributed by atoms with Gasteiger partial charge in [-0.3, -0.25) is 0 Å². The molecule has 1 aromatic heterocycles. The fourth-order valence-electron chi connectivity index (χ4n) is 2.18. The van der Waals surface area contributed by atoms with E-state index in [1.165, 1.54) is 0 Å². The van der Waals surface area contributed by atoms with Crippen LogP contribution in [0.1, 0.15) is 36.8 Å². The predicted octanol–water partition coefficient (Wildman–Crippen LogP) is 4.40. The lowest BCUT2D eigenvalue weighted by molar-refractivity contribution is 0.251. The molecule has 0 aliphatic rings. The van der Waals surface area contributed by atoms with Crippen molar-refractivity contribution in [1.29, 1.82) is 0 Å². The van der Waals surface area contributed by atoms with Crippen LogP contribution in [0, 0.1) is 13.8 Å². The molecule has 124 valence electrons. The van der Waals surface area contributed by atoms with Gasteiger partial charge in [-0.2, -0.15) is 0 Å². The molecule has 0 fully saturated rings. The first-order valence-corrected chi connectivity index (χ1v) is 7.92. The number of benzene rings is 1. The number of aryl methyl sites for hydroxylation is 2. The van der Waals surface area contributed by atoms with Crippen molar-refractivity contribution in [2.75, 3.05) is 11.9 Å². The van der Waals surface area contributed by atoms with Gasteiger partial charge in [-0.1, -0.05) is 13.3 Å².